The van der Waals surface area contributed by atoms with Crippen LogP contribution in [0.5, 0.6) is 0 Å². The molecule has 0 saturated heterocycles. The average molecular weight is 130 g/mol. The average Bonchev–Trinajstić information content (AvgIpc) is 1.63. The first kappa shape index (κ1) is 8.43. The van der Waals surface area contributed by atoms with Gasteiger partial charge in [0.2, 0.25) is 0 Å². The van der Waals surface area contributed by atoms with Crippen molar-refractivity contribution in [2.24, 2.45) is 11.7 Å². The fourth-order valence-corrected chi connectivity index (χ4v) is 0.602. The molecule has 3 heteroatoms. The summed E-state index contributed by atoms with van der Waals surface area (Å²) >= 11 is 0. The van der Waals surface area contributed by atoms with Gasteiger partial charge in [0.1, 0.15) is 0 Å². The number of primary amides is 1. The Hall–Kier alpha value is -0.570. The Kier molecular flexibility index (Phi) is 3.24. The Morgan fingerprint density at radius 2 is 2.33 bits per heavy atom. The van der Waals surface area contributed by atoms with Gasteiger partial charge in [0.05, 0.1) is 0 Å². The summed E-state index contributed by atoms with van der Waals surface area (Å²) in [5.74, 6) is -0.0921. The van der Waals surface area contributed by atoms with Crippen LogP contribution in [0.4, 0.5) is 0 Å². The molecule has 0 aliphatic carbocycles. The Morgan fingerprint density at radius 1 is 1.89 bits per heavy atom. The molecule has 1 unspecified atom stereocenters. The van der Waals surface area contributed by atoms with Crippen LogP contribution in [0.1, 0.15) is 13.3 Å². The molecular weight excluding hydrogens is 116 g/mol. The number of quaternary nitrogens is 1. The summed E-state index contributed by atoms with van der Waals surface area (Å²) in [7, 11) is 0. The van der Waals surface area contributed by atoms with Crippen LogP contribution in [0.2, 0.25) is 0 Å². The van der Waals surface area contributed by atoms with E-state index in [9.17, 15) is 4.79 Å². The lowest BCUT2D eigenvalue weighted by Crippen LogP contribution is -2.67. The lowest BCUT2D eigenvalue weighted by atomic mass is 10.0. The van der Waals surface area contributed by atoms with E-state index in [2.05, 4.69) is 12.7 Å². The van der Waals surface area contributed by atoms with Gasteiger partial charge in [0, 0.05) is 0 Å². The summed E-state index contributed by atoms with van der Waals surface area (Å²) in [4.78, 5) is 10.4. The molecule has 9 heavy (non-hydrogen) atoms. The van der Waals surface area contributed by atoms with E-state index in [0.29, 0.717) is 6.42 Å². The zero-order valence-corrected chi connectivity index (χ0v) is 5.76. The number of carbonyl (C=O) groups is 1. The summed E-state index contributed by atoms with van der Waals surface area (Å²) in [6.45, 7) is 5.64. The second kappa shape index (κ2) is 3.45. The minimum Gasteiger partial charge on any atom is -0.365 e. The number of amides is 1. The highest BCUT2D eigenvalue weighted by Gasteiger charge is 2.11. The van der Waals surface area contributed by atoms with E-state index in [4.69, 9.17) is 5.73 Å². The highest BCUT2D eigenvalue weighted by atomic mass is 16.1. The molecule has 0 aromatic heterocycles. The van der Waals surface area contributed by atoms with E-state index in [1.54, 1.807) is 0 Å². The predicted octanol–water partition coefficient (Wildman–Crippen LogP) is -1.06. The second-order valence-electron chi connectivity index (χ2n) is 2.44. The molecule has 0 radical (unpaired) electrons. The zero-order valence-electron chi connectivity index (χ0n) is 5.76. The fourth-order valence-electron chi connectivity index (χ4n) is 0.602. The van der Waals surface area contributed by atoms with Gasteiger partial charge in [0.15, 0.2) is 6.04 Å². The van der Waals surface area contributed by atoms with Crippen LogP contribution in [0.3, 0.4) is 0 Å². The van der Waals surface area contributed by atoms with Crippen molar-refractivity contribution in [3.05, 3.63) is 6.92 Å². The van der Waals surface area contributed by atoms with Gasteiger partial charge in [0.25, 0.3) is 5.91 Å². The van der Waals surface area contributed by atoms with Gasteiger partial charge in [-0.05, 0) is 6.42 Å². The van der Waals surface area contributed by atoms with Crippen LogP contribution >= 0.6 is 0 Å². The van der Waals surface area contributed by atoms with Crippen molar-refractivity contribution in [1.29, 1.82) is 0 Å². The topological polar surface area (TPSA) is 70.7 Å². The summed E-state index contributed by atoms with van der Waals surface area (Å²) < 4.78 is 0. The summed E-state index contributed by atoms with van der Waals surface area (Å²) in [6, 6.07) is -0.280. The Balaban J connectivity index is 3.50. The molecule has 3 nitrogen and oxygen atoms in total. The van der Waals surface area contributed by atoms with E-state index in [-0.39, 0.29) is 17.9 Å². The van der Waals surface area contributed by atoms with Crippen molar-refractivity contribution in [2.75, 3.05) is 0 Å². The molecule has 0 spiro atoms. The molecule has 0 bridgehead atoms. The molecule has 1 amide bonds. The molecular formula is C6H14N2O. The first-order chi connectivity index (χ1) is 4.04. The first-order valence-electron chi connectivity index (χ1n) is 2.99. The van der Waals surface area contributed by atoms with Crippen LogP contribution in [-0.4, -0.2) is 11.9 Å². The third kappa shape index (κ3) is 3.97. The fraction of sp³-hybridized carbons (Fsp3) is 0.667. The standard InChI is InChI=1S/C6H13N2O/c1-4(2)3-5(7)6(8)9/h4-5H,1,3,7H2,2H3,(H2,8,9)/q-1/p+1/t4?,5-/m0/s1. The molecule has 2 atom stereocenters. The van der Waals surface area contributed by atoms with Crippen LogP contribution in [0, 0.1) is 12.8 Å². The highest BCUT2D eigenvalue weighted by molar-refractivity contribution is 5.78. The predicted molar refractivity (Wildman–Crippen MR) is 35.0 cm³/mol. The molecule has 0 aliphatic heterocycles. The number of hydrogen-bond acceptors (Lipinski definition) is 1. The van der Waals surface area contributed by atoms with Crippen molar-refractivity contribution in [3.63, 3.8) is 0 Å². The van der Waals surface area contributed by atoms with Gasteiger partial charge < -0.3 is 18.4 Å². The SMILES string of the molecule is [CH2-]C(C)C[C@H]([NH3+])C(N)=O. The first-order valence-corrected chi connectivity index (χ1v) is 2.99. The van der Waals surface area contributed by atoms with Crippen LogP contribution in [-0.2, 0) is 4.79 Å². The quantitative estimate of drug-likeness (QED) is 0.470. The smallest absolute Gasteiger partial charge is 0.275 e. The molecule has 0 fully saturated rings. The normalized spacial score (nSPS) is 16.8. The van der Waals surface area contributed by atoms with Crippen molar-refractivity contribution in [3.8, 4) is 0 Å². The number of nitrogens with two attached hydrogens (primary N) is 1. The number of rotatable bonds is 3. The van der Waals surface area contributed by atoms with Gasteiger partial charge >= 0.3 is 0 Å². The maximum Gasteiger partial charge on any atom is 0.275 e. The van der Waals surface area contributed by atoms with Crippen molar-refractivity contribution in [2.45, 2.75) is 19.4 Å². The number of carbonyl (C=O) groups excluding carboxylic acids is 1. The van der Waals surface area contributed by atoms with Crippen molar-refractivity contribution < 1.29 is 10.5 Å². The molecule has 0 saturated carbocycles. The van der Waals surface area contributed by atoms with Crippen molar-refractivity contribution >= 4 is 5.91 Å². The van der Waals surface area contributed by atoms with E-state index >= 15 is 0 Å². The summed E-state index contributed by atoms with van der Waals surface area (Å²) in [6.07, 6.45) is 0.676. The third-order valence-electron chi connectivity index (χ3n) is 1.09. The van der Waals surface area contributed by atoms with Gasteiger partial charge in [-0.15, -0.1) is 0 Å². The monoisotopic (exact) mass is 130 g/mol. The van der Waals surface area contributed by atoms with E-state index in [1.807, 2.05) is 6.92 Å². The maximum absolute atomic E-state index is 10.4. The van der Waals surface area contributed by atoms with Crippen molar-refractivity contribution in [1.82, 2.24) is 0 Å². The lowest BCUT2D eigenvalue weighted by molar-refractivity contribution is -0.405. The van der Waals surface area contributed by atoms with Crippen LogP contribution in [0.25, 0.3) is 0 Å². The second-order valence-corrected chi connectivity index (χ2v) is 2.44. The lowest BCUT2D eigenvalue weighted by Gasteiger charge is -2.11. The summed E-state index contributed by atoms with van der Waals surface area (Å²) in [5.41, 5.74) is 8.52. The minimum atomic E-state index is -0.342. The molecule has 0 aromatic rings. The van der Waals surface area contributed by atoms with E-state index in [0.717, 1.165) is 0 Å². The van der Waals surface area contributed by atoms with Gasteiger partial charge in [-0.3, -0.25) is 4.79 Å². The van der Waals surface area contributed by atoms with Gasteiger partial charge in [-0.2, -0.15) is 5.92 Å². The Labute approximate surface area is 55.4 Å². The number of hydrogen-bond donors (Lipinski definition) is 2. The zero-order chi connectivity index (χ0) is 7.44. The highest BCUT2D eigenvalue weighted by Crippen LogP contribution is 1.99. The Morgan fingerprint density at radius 3 is 2.44 bits per heavy atom. The largest absolute Gasteiger partial charge is 0.365 e. The van der Waals surface area contributed by atoms with Crippen LogP contribution < -0.4 is 11.5 Å². The van der Waals surface area contributed by atoms with Gasteiger partial charge in [-0.1, -0.05) is 6.92 Å². The molecule has 0 heterocycles. The summed E-state index contributed by atoms with van der Waals surface area (Å²) in [5, 5.41) is 0. The molecule has 0 aliphatic rings. The molecule has 0 rings (SSSR count). The third-order valence-corrected chi connectivity index (χ3v) is 1.09. The van der Waals surface area contributed by atoms with Crippen LogP contribution in [0.15, 0.2) is 0 Å². The maximum atomic E-state index is 10.4. The minimum absolute atomic E-state index is 0.250. The molecule has 0 aromatic carbocycles. The van der Waals surface area contributed by atoms with E-state index < -0.39 is 0 Å². The van der Waals surface area contributed by atoms with Gasteiger partial charge in [-0.25, -0.2) is 0 Å². The molecule has 54 valence electrons. The van der Waals surface area contributed by atoms with E-state index in [1.165, 1.54) is 0 Å². The Bertz CT molecular complexity index is 101. The molecule has 5 N–H and O–H groups in total.